The molecule has 0 fully saturated rings. The molecule has 0 aromatic carbocycles. The van der Waals surface area contributed by atoms with Crippen LogP contribution >= 0.6 is 0 Å². The second kappa shape index (κ2) is 3.80. The van der Waals surface area contributed by atoms with Crippen molar-refractivity contribution >= 4 is 16.9 Å². The standard InChI is InChI=1S/C10H8N6O/c11-16-9-6-4-12-10(7-2-1-3-17-7)15-8(6)13-5-14-9/h1-5H,11H2,(H,12,13,14,15,16). The van der Waals surface area contributed by atoms with Crippen LogP contribution in [0.3, 0.4) is 0 Å². The summed E-state index contributed by atoms with van der Waals surface area (Å²) in [4.78, 5) is 16.5. The maximum atomic E-state index is 5.33. The van der Waals surface area contributed by atoms with Crippen molar-refractivity contribution in [3.05, 3.63) is 30.9 Å². The first-order valence-electron chi connectivity index (χ1n) is 4.87. The molecule has 84 valence electrons. The van der Waals surface area contributed by atoms with E-state index in [4.69, 9.17) is 10.3 Å². The summed E-state index contributed by atoms with van der Waals surface area (Å²) in [5.74, 6) is 6.89. The molecule has 0 atom stereocenters. The number of hydrazine groups is 1. The topological polar surface area (TPSA) is 103 Å². The molecule has 0 spiro atoms. The van der Waals surface area contributed by atoms with Crippen molar-refractivity contribution in [3.63, 3.8) is 0 Å². The molecule has 0 amide bonds. The third-order valence-electron chi connectivity index (χ3n) is 2.27. The van der Waals surface area contributed by atoms with Crippen molar-refractivity contribution in [1.29, 1.82) is 0 Å². The van der Waals surface area contributed by atoms with E-state index in [0.29, 0.717) is 28.4 Å². The minimum Gasteiger partial charge on any atom is -0.461 e. The van der Waals surface area contributed by atoms with Gasteiger partial charge < -0.3 is 9.84 Å². The highest BCUT2D eigenvalue weighted by Crippen LogP contribution is 2.20. The van der Waals surface area contributed by atoms with Gasteiger partial charge in [-0.15, -0.1) is 0 Å². The van der Waals surface area contributed by atoms with Crippen LogP contribution in [0.25, 0.3) is 22.6 Å². The van der Waals surface area contributed by atoms with Gasteiger partial charge in [0.05, 0.1) is 11.6 Å². The molecule has 17 heavy (non-hydrogen) atoms. The molecule has 3 aromatic rings. The summed E-state index contributed by atoms with van der Waals surface area (Å²) in [5, 5.41) is 0.658. The smallest absolute Gasteiger partial charge is 0.197 e. The molecular formula is C10H8N6O. The summed E-state index contributed by atoms with van der Waals surface area (Å²) in [6.07, 6.45) is 4.56. The fourth-order valence-corrected chi connectivity index (χ4v) is 1.49. The Morgan fingerprint density at radius 1 is 1.24 bits per heavy atom. The number of nitrogens with zero attached hydrogens (tertiary/aromatic N) is 4. The molecule has 0 aliphatic carbocycles. The highest BCUT2D eigenvalue weighted by Gasteiger charge is 2.08. The Morgan fingerprint density at radius 3 is 2.94 bits per heavy atom. The second-order valence-corrected chi connectivity index (χ2v) is 3.27. The van der Waals surface area contributed by atoms with Gasteiger partial charge in [0.2, 0.25) is 0 Å². The number of nitrogens with one attached hydrogen (secondary N) is 1. The number of hydrogen-bond acceptors (Lipinski definition) is 7. The molecule has 0 aliphatic heterocycles. The molecule has 3 N–H and O–H groups in total. The van der Waals surface area contributed by atoms with Crippen molar-refractivity contribution in [1.82, 2.24) is 19.9 Å². The van der Waals surface area contributed by atoms with E-state index in [-0.39, 0.29) is 0 Å². The number of furan rings is 1. The molecule has 0 radical (unpaired) electrons. The molecule has 0 unspecified atom stereocenters. The average molecular weight is 228 g/mol. The molecule has 3 heterocycles. The maximum absolute atomic E-state index is 5.33. The molecule has 0 bridgehead atoms. The lowest BCUT2D eigenvalue weighted by atomic mass is 10.3. The summed E-state index contributed by atoms with van der Waals surface area (Å²) in [6, 6.07) is 3.56. The average Bonchev–Trinajstić information content (AvgIpc) is 2.91. The van der Waals surface area contributed by atoms with E-state index in [0.717, 1.165) is 0 Å². The van der Waals surface area contributed by atoms with Gasteiger partial charge in [0, 0.05) is 6.20 Å². The second-order valence-electron chi connectivity index (χ2n) is 3.27. The first-order chi connectivity index (χ1) is 8.38. The van der Waals surface area contributed by atoms with E-state index >= 15 is 0 Å². The van der Waals surface area contributed by atoms with Crippen molar-refractivity contribution in [2.75, 3.05) is 5.43 Å². The van der Waals surface area contributed by atoms with Crippen molar-refractivity contribution < 1.29 is 4.42 Å². The number of nitrogen functional groups attached to an aromatic ring is 1. The van der Waals surface area contributed by atoms with Gasteiger partial charge in [-0.1, -0.05) is 0 Å². The van der Waals surface area contributed by atoms with Gasteiger partial charge in [-0.2, -0.15) is 0 Å². The largest absolute Gasteiger partial charge is 0.461 e. The monoisotopic (exact) mass is 228 g/mol. The third-order valence-corrected chi connectivity index (χ3v) is 2.27. The molecule has 0 saturated heterocycles. The Bertz CT molecular complexity index is 651. The van der Waals surface area contributed by atoms with E-state index in [1.54, 1.807) is 24.6 Å². The number of fused-ring (bicyclic) bond motifs is 1. The lowest BCUT2D eigenvalue weighted by molar-refractivity contribution is 0.577. The fourth-order valence-electron chi connectivity index (χ4n) is 1.49. The summed E-state index contributed by atoms with van der Waals surface area (Å²) in [7, 11) is 0. The van der Waals surface area contributed by atoms with Crippen LogP contribution in [0.5, 0.6) is 0 Å². The Kier molecular flexibility index (Phi) is 2.16. The molecule has 3 rings (SSSR count). The molecule has 3 aromatic heterocycles. The predicted octanol–water partition coefficient (Wildman–Crippen LogP) is 0.965. The van der Waals surface area contributed by atoms with Crippen LogP contribution in [0.15, 0.2) is 35.3 Å². The highest BCUT2D eigenvalue weighted by atomic mass is 16.3. The van der Waals surface area contributed by atoms with E-state index in [1.165, 1.54) is 6.33 Å². The zero-order valence-electron chi connectivity index (χ0n) is 8.66. The fraction of sp³-hybridized carbons (Fsp3) is 0. The van der Waals surface area contributed by atoms with Gasteiger partial charge in [-0.3, -0.25) is 0 Å². The Labute approximate surface area is 95.7 Å². The normalized spacial score (nSPS) is 10.6. The van der Waals surface area contributed by atoms with E-state index < -0.39 is 0 Å². The lowest BCUT2D eigenvalue weighted by Gasteiger charge is -2.03. The van der Waals surface area contributed by atoms with Crippen LogP contribution in [0, 0.1) is 0 Å². The molecule has 7 nitrogen and oxygen atoms in total. The maximum Gasteiger partial charge on any atom is 0.197 e. The van der Waals surface area contributed by atoms with Crippen molar-refractivity contribution in [2.45, 2.75) is 0 Å². The lowest BCUT2D eigenvalue weighted by Crippen LogP contribution is -2.09. The van der Waals surface area contributed by atoms with E-state index in [2.05, 4.69) is 25.4 Å². The Morgan fingerprint density at radius 2 is 2.18 bits per heavy atom. The summed E-state index contributed by atoms with van der Waals surface area (Å²) < 4.78 is 5.22. The molecule has 0 saturated carbocycles. The van der Waals surface area contributed by atoms with Crippen LogP contribution < -0.4 is 11.3 Å². The summed E-state index contributed by atoms with van der Waals surface area (Å²) >= 11 is 0. The van der Waals surface area contributed by atoms with Gasteiger partial charge in [0.15, 0.2) is 23.0 Å². The quantitative estimate of drug-likeness (QED) is 0.497. The van der Waals surface area contributed by atoms with Crippen LogP contribution in [0.2, 0.25) is 0 Å². The zero-order valence-corrected chi connectivity index (χ0v) is 8.66. The first-order valence-corrected chi connectivity index (χ1v) is 4.87. The van der Waals surface area contributed by atoms with Gasteiger partial charge in [-0.25, -0.2) is 25.8 Å². The van der Waals surface area contributed by atoms with Gasteiger partial charge in [-0.05, 0) is 12.1 Å². The van der Waals surface area contributed by atoms with Crippen molar-refractivity contribution in [2.24, 2.45) is 5.84 Å². The molecule has 7 heteroatoms. The molecule has 0 aliphatic rings. The molecular weight excluding hydrogens is 220 g/mol. The summed E-state index contributed by atoms with van der Waals surface area (Å²) in [5.41, 5.74) is 2.98. The van der Waals surface area contributed by atoms with Gasteiger partial charge in [0.25, 0.3) is 0 Å². The number of anilines is 1. The predicted molar refractivity (Wildman–Crippen MR) is 60.6 cm³/mol. The van der Waals surface area contributed by atoms with Crippen LogP contribution in [-0.2, 0) is 0 Å². The van der Waals surface area contributed by atoms with Crippen LogP contribution in [0.1, 0.15) is 0 Å². The third kappa shape index (κ3) is 1.58. The van der Waals surface area contributed by atoms with E-state index in [9.17, 15) is 0 Å². The van der Waals surface area contributed by atoms with Gasteiger partial charge in [0.1, 0.15) is 6.33 Å². The number of nitrogens with two attached hydrogens (primary N) is 1. The SMILES string of the molecule is NNc1ncnc2nc(-c3ccco3)ncc12. The number of aromatic nitrogens is 4. The van der Waals surface area contributed by atoms with Crippen molar-refractivity contribution in [3.8, 4) is 11.6 Å². The number of rotatable bonds is 2. The summed E-state index contributed by atoms with van der Waals surface area (Å²) in [6.45, 7) is 0. The number of hydrogen-bond donors (Lipinski definition) is 2. The Hall–Kier alpha value is -2.54. The van der Waals surface area contributed by atoms with E-state index in [1.807, 2.05) is 0 Å². The minimum atomic E-state index is 0.476. The minimum absolute atomic E-state index is 0.476. The first kappa shape index (κ1) is 9.67. The van der Waals surface area contributed by atoms with Crippen LogP contribution in [0.4, 0.5) is 5.82 Å². The zero-order chi connectivity index (χ0) is 11.7. The highest BCUT2D eigenvalue weighted by molar-refractivity contribution is 5.85. The van der Waals surface area contributed by atoms with Gasteiger partial charge >= 0.3 is 0 Å². The Balaban J connectivity index is 2.21. The van der Waals surface area contributed by atoms with Crippen LogP contribution in [-0.4, -0.2) is 19.9 Å².